The summed E-state index contributed by atoms with van der Waals surface area (Å²) in [6, 6.07) is 18.6. The third-order valence-corrected chi connectivity index (χ3v) is 12.7. The van der Waals surface area contributed by atoms with Crippen molar-refractivity contribution in [2.45, 2.75) is 56.0 Å². The Morgan fingerprint density at radius 2 is 0.593 bits per heavy atom. The summed E-state index contributed by atoms with van der Waals surface area (Å²) in [5, 5.41) is 2.17. The number of halogens is 25. The molecule has 428 valence electrons. The van der Waals surface area contributed by atoms with Gasteiger partial charge in [-0.25, -0.2) is 4.39 Å². The zero-order valence-corrected chi connectivity index (χ0v) is 39.8. The fraction of sp³-hybridized carbons (Fsp3) is 0.167. The van der Waals surface area contributed by atoms with Gasteiger partial charge in [-0.15, -0.1) is 0 Å². The van der Waals surface area contributed by atoms with E-state index in [1.54, 1.807) is 6.07 Å². The SMILES string of the molecule is FC(F)(F)c1cc([B-](c2cc(C(F)(F)F)cc(C(F)(F)F)c2)(c2cc(C(F)(F)F)cc(C(F)(F)F)c2)c2cc(C(F)(F)F)cc(C(F)(F)F)c2)cc(C(F)(F)F)c1.Fc1ccccc1-c1c2ccccc2cc[n+]1Cc1ccccc1. The van der Waals surface area contributed by atoms with Crippen LogP contribution in [0.2, 0.25) is 0 Å². The van der Waals surface area contributed by atoms with Gasteiger partial charge in [-0.05, 0) is 47.9 Å². The van der Waals surface area contributed by atoms with E-state index < -0.39 is 195 Å². The van der Waals surface area contributed by atoms with E-state index in [1.807, 2.05) is 48.7 Å². The largest absolute Gasteiger partial charge is 0.416 e. The van der Waals surface area contributed by atoms with Crippen molar-refractivity contribution in [3.8, 4) is 11.3 Å². The monoisotopic (exact) mass is 1180 g/mol. The molecule has 0 spiro atoms. The fourth-order valence-corrected chi connectivity index (χ4v) is 9.19. The van der Waals surface area contributed by atoms with Crippen LogP contribution in [0.4, 0.5) is 110 Å². The quantitative estimate of drug-likeness (QED) is 0.0851. The third-order valence-electron chi connectivity index (χ3n) is 12.7. The van der Waals surface area contributed by atoms with Crippen LogP contribution in [-0.2, 0) is 56.0 Å². The van der Waals surface area contributed by atoms with Crippen molar-refractivity contribution in [3.63, 3.8) is 0 Å². The third kappa shape index (κ3) is 13.4. The van der Waals surface area contributed by atoms with Gasteiger partial charge in [0.05, 0.1) is 55.5 Å². The van der Waals surface area contributed by atoms with Gasteiger partial charge in [0.25, 0.3) is 0 Å². The Labute approximate surface area is 439 Å². The van der Waals surface area contributed by atoms with Crippen LogP contribution in [0, 0.1) is 5.82 Å². The zero-order chi connectivity index (χ0) is 60.3. The molecule has 0 atom stereocenters. The number of benzene rings is 7. The van der Waals surface area contributed by atoms with Crippen molar-refractivity contribution in [2.24, 2.45) is 0 Å². The van der Waals surface area contributed by atoms with Crippen molar-refractivity contribution < 1.29 is 114 Å². The maximum atomic E-state index is 14.5. The summed E-state index contributed by atoms with van der Waals surface area (Å²) in [6.45, 7) is 0.704. The molecule has 27 heteroatoms. The van der Waals surface area contributed by atoms with E-state index in [1.165, 1.54) is 11.6 Å². The van der Waals surface area contributed by atoms with Gasteiger partial charge in [0.15, 0.2) is 12.7 Å². The predicted octanol–water partition coefficient (Wildman–Crippen LogP) is 16.2. The number of hydrogen-bond donors (Lipinski definition) is 0. The molecule has 1 nitrogen and oxygen atoms in total. The van der Waals surface area contributed by atoms with Gasteiger partial charge in [0.1, 0.15) is 12.0 Å². The first-order valence-electron chi connectivity index (χ1n) is 22.6. The molecule has 0 fully saturated rings. The molecular weight excluding hydrogens is 1150 g/mol. The molecule has 1 heterocycles. The Bertz CT molecular complexity index is 3140. The van der Waals surface area contributed by atoms with Crippen molar-refractivity contribution >= 4 is 38.8 Å². The van der Waals surface area contributed by atoms with Crippen LogP contribution in [0.15, 0.2) is 164 Å². The van der Waals surface area contributed by atoms with E-state index in [4.69, 9.17) is 0 Å². The van der Waals surface area contributed by atoms with Gasteiger partial charge in [0.2, 0.25) is 5.69 Å². The van der Waals surface area contributed by atoms with Crippen LogP contribution in [-0.4, -0.2) is 6.15 Å². The van der Waals surface area contributed by atoms with E-state index in [0.29, 0.717) is 12.1 Å². The Morgan fingerprint density at radius 1 is 0.309 bits per heavy atom. The minimum Gasteiger partial charge on any atom is -0.206 e. The average Bonchev–Trinajstić information content (AvgIpc) is 3.55. The van der Waals surface area contributed by atoms with Crippen LogP contribution < -0.4 is 26.4 Å². The van der Waals surface area contributed by atoms with Crippen LogP contribution >= 0.6 is 0 Å². The van der Waals surface area contributed by atoms with Crippen molar-refractivity contribution in [2.75, 3.05) is 0 Å². The molecule has 1 aromatic heterocycles. The lowest BCUT2D eigenvalue weighted by atomic mass is 9.12. The summed E-state index contributed by atoms with van der Waals surface area (Å²) in [6.07, 6.45) is -52.8. The minimum atomic E-state index is -6.13. The number of fused-ring (bicyclic) bond motifs is 1. The lowest BCUT2D eigenvalue weighted by Crippen LogP contribution is -2.75. The molecule has 0 saturated heterocycles. The molecular formula is C54H29BF25N. The standard InChI is InChI=1S/C32H12BF24.C22H17FN/c34-25(35,36)13-1-14(26(37,38)39)6-21(5-13)33(22-7-15(27(40,41)42)2-16(8-22)28(43,44)45,23-9-17(29(46,47)48)3-18(10-23)30(49,50)51)24-11-19(31(52,53)54)4-20(12-24)32(55,56)57;23-21-13-7-6-12-20(21)22-19-11-5-4-10-18(19)14-15-24(22)16-17-8-2-1-3-9-17/h1-12H;1-15H,16H2/q-1;+1. The maximum absolute atomic E-state index is 14.5. The topological polar surface area (TPSA) is 3.88 Å². The molecule has 0 aliphatic rings. The molecule has 0 saturated carbocycles. The van der Waals surface area contributed by atoms with E-state index in [0.717, 1.165) is 16.5 Å². The van der Waals surface area contributed by atoms with Gasteiger partial charge in [-0.3, -0.25) is 0 Å². The highest BCUT2D eigenvalue weighted by molar-refractivity contribution is 7.20. The number of hydrogen-bond acceptors (Lipinski definition) is 0. The van der Waals surface area contributed by atoms with Gasteiger partial charge >= 0.3 is 49.4 Å². The van der Waals surface area contributed by atoms with Crippen LogP contribution in [0.5, 0.6) is 0 Å². The smallest absolute Gasteiger partial charge is 0.206 e. The number of aromatic nitrogens is 1. The first-order valence-corrected chi connectivity index (χ1v) is 22.6. The summed E-state index contributed by atoms with van der Waals surface area (Å²) in [7, 11) is 0. The molecule has 8 aromatic rings. The van der Waals surface area contributed by atoms with Gasteiger partial charge in [0, 0.05) is 11.6 Å². The number of pyridine rings is 1. The molecule has 0 amide bonds. The fourth-order valence-electron chi connectivity index (χ4n) is 9.19. The van der Waals surface area contributed by atoms with E-state index in [2.05, 4.69) is 34.9 Å². The summed E-state index contributed by atoms with van der Waals surface area (Å²) in [4.78, 5) is 0. The lowest BCUT2D eigenvalue weighted by molar-refractivity contribution is -0.676. The van der Waals surface area contributed by atoms with E-state index >= 15 is 0 Å². The highest BCUT2D eigenvalue weighted by Crippen LogP contribution is 2.42. The second-order valence-electron chi connectivity index (χ2n) is 18.1. The second kappa shape index (κ2) is 21.3. The number of alkyl halides is 24. The Morgan fingerprint density at radius 3 is 0.901 bits per heavy atom. The highest BCUT2D eigenvalue weighted by atomic mass is 19.4. The average molecular weight is 1180 g/mol. The van der Waals surface area contributed by atoms with Crippen molar-refractivity contribution in [1.82, 2.24) is 0 Å². The van der Waals surface area contributed by atoms with Crippen LogP contribution in [0.3, 0.4) is 0 Å². The molecule has 0 aliphatic carbocycles. The summed E-state index contributed by atoms with van der Waals surface area (Å²) in [5.41, 5.74) is -27.5. The summed E-state index contributed by atoms with van der Waals surface area (Å²) < 4.78 is 357. The first-order chi connectivity index (χ1) is 37.1. The van der Waals surface area contributed by atoms with Gasteiger partial charge in [-0.2, -0.15) is 132 Å². The van der Waals surface area contributed by atoms with Crippen LogP contribution in [0.25, 0.3) is 22.0 Å². The molecule has 81 heavy (non-hydrogen) atoms. The molecule has 7 aromatic carbocycles. The summed E-state index contributed by atoms with van der Waals surface area (Å²) >= 11 is 0. The molecule has 0 unspecified atom stereocenters. The molecule has 0 radical (unpaired) electrons. The second-order valence-corrected chi connectivity index (χ2v) is 18.1. The zero-order valence-electron chi connectivity index (χ0n) is 39.8. The number of rotatable bonds is 7. The molecule has 0 aliphatic heterocycles. The Hall–Kier alpha value is -7.74. The first kappa shape index (κ1) is 60.9. The van der Waals surface area contributed by atoms with E-state index in [-0.39, 0.29) is 5.82 Å². The molecule has 0 bridgehead atoms. The van der Waals surface area contributed by atoms with Crippen molar-refractivity contribution in [1.29, 1.82) is 0 Å². The lowest BCUT2D eigenvalue weighted by Gasteiger charge is -2.46. The maximum Gasteiger partial charge on any atom is 0.416 e. The van der Waals surface area contributed by atoms with Gasteiger partial charge < -0.3 is 0 Å². The molecule has 0 N–H and O–H groups in total. The Balaban J connectivity index is 0.000000323. The predicted molar refractivity (Wildman–Crippen MR) is 245 cm³/mol. The summed E-state index contributed by atoms with van der Waals surface area (Å²) in [5.74, 6) is -0.198. The van der Waals surface area contributed by atoms with Gasteiger partial charge in [-0.1, -0.05) is 109 Å². The van der Waals surface area contributed by atoms with Crippen LogP contribution in [0.1, 0.15) is 50.1 Å². The highest BCUT2D eigenvalue weighted by Gasteiger charge is 2.47. The normalized spacial score (nSPS) is 13.3. The van der Waals surface area contributed by atoms with Crippen molar-refractivity contribution in [3.05, 3.63) is 220 Å². The number of nitrogens with zero attached hydrogens (tertiary/aromatic N) is 1. The molecule has 8 rings (SSSR count). The Kier molecular flexibility index (Phi) is 16.0. The minimum absolute atomic E-state index is 0.198. The van der Waals surface area contributed by atoms with E-state index in [9.17, 15) is 110 Å².